The Bertz CT molecular complexity index is 1280. The Balaban J connectivity index is 1.39. The minimum atomic E-state index is -0.0124. The highest BCUT2D eigenvalue weighted by molar-refractivity contribution is 5.49. The zero-order valence-electron chi connectivity index (χ0n) is 21.4. The summed E-state index contributed by atoms with van der Waals surface area (Å²) < 4.78 is 1.95. The molecule has 0 amide bonds. The lowest BCUT2D eigenvalue weighted by Crippen LogP contribution is -2.48. The molecule has 1 aromatic heterocycles. The molecule has 1 aliphatic rings. The van der Waals surface area contributed by atoms with Crippen molar-refractivity contribution in [3.05, 3.63) is 113 Å². The van der Waals surface area contributed by atoms with E-state index in [0.29, 0.717) is 0 Å². The molecular formula is C30H34N6. The molecule has 0 unspecified atom stereocenters. The average molecular weight is 479 g/mol. The van der Waals surface area contributed by atoms with Gasteiger partial charge in [0.2, 0.25) is 0 Å². The maximum absolute atomic E-state index is 4.59. The summed E-state index contributed by atoms with van der Waals surface area (Å²) in [5.74, 6) is 0.869. The normalized spacial score (nSPS) is 16.0. The molecule has 1 atom stereocenters. The number of rotatable bonds is 7. The van der Waals surface area contributed by atoms with Crippen LogP contribution in [0.1, 0.15) is 39.7 Å². The molecule has 0 saturated carbocycles. The predicted molar refractivity (Wildman–Crippen MR) is 145 cm³/mol. The van der Waals surface area contributed by atoms with E-state index in [1.807, 2.05) is 4.68 Å². The van der Waals surface area contributed by atoms with Crippen LogP contribution in [0, 0.1) is 20.8 Å². The molecule has 5 rings (SSSR count). The minimum absolute atomic E-state index is 0.0124. The lowest BCUT2D eigenvalue weighted by Gasteiger charge is -2.38. The molecule has 1 saturated heterocycles. The third-order valence-corrected chi connectivity index (χ3v) is 7.03. The summed E-state index contributed by atoms with van der Waals surface area (Å²) in [5, 5.41) is 13.2. The highest BCUT2D eigenvalue weighted by atomic mass is 15.6. The molecule has 0 aliphatic carbocycles. The first kappa shape index (κ1) is 24.1. The first-order valence-corrected chi connectivity index (χ1v) is 12.7. The van der Waals surface area contributed by atoms with Gasteiger partial charge in [-0.2, -0.15) is 4.68 Å². The average Bonchev–Trinajstić information content (AvgIpc) is 3.36. The Kier molecular flexibility index (Phi) is 7.35. The van der Waals surface area contributed by atoms with Crippen LogP contribution in [0.2, 0.25) is 0 Å². The number of aryl methyl sites for hydroxylation is 3. The number of benzene rings is 3. The van der Waals surface area contributed by atoms with Crippen molar-refractivity contribution in [1.29, 1.82) is 0 Å². The van der Waals surface area contributed by atoms with E-state index >= 15 is 0 Å². The van der Waals surface area contributed by atoms with Crippen LogP contribution in [-0.4, -0.2) is 62.7 Å². The van der Waals surface area contributed by atoms with Gasteiger partial charge in [0.05, 0.1) is 11.7 Å². The van der Waals surface area contributed by atoms with Gasteiger partial charge in [-0.25, -0.2) is 0 Å². The second kappa shape index (κ2) is 11.0. The Morgan fingerprint density at radius 3 is 2.19 bits per heavy atom. The van der Waals surface area contributed by atoms with Gasteiger partial charge >= 0.3 is 0 Å². The smallest absolute Gasteiger partial charge is 0.178 e. The number of nitrogens with zero attached hydrogens (tertiary/aromatic N) is 6. The molecule has 6 heteroatoms. The van der Waals surface area contributed by atoms with Gasteiger partial charge in [0, 0.05) is 32.7 Å². The fourth-order valence-electron chi connectivity index (χ4n) is 5.04. The van der Waals surface area contributed by atoms with Gasteiger partial charge in [-0.15, -0.1) is 5.10 Å². The fraction of sp³-hybridized carbons (Fsp3) is 0.300. The molecule has 36 heavy (non-hydrogen) atoms. The third kappa shape index (κ3) is 5.30. The van der Waals surface area contributed by atoms with E-state index in [9.17, 15) is 0 Å². The molecule has 0 radical (unpaired) electrons. The lowest BCUT2D eigenvalue weighted by molar-refractivity contribution is 0.113. The standard InChI is InChI=1S/C30H34N6/c1-23-14-16-27(17-15-23)29(30-31-32-33-36(30)28-24(2)9-7-10-25(28)3)35-21-19-34(20-22-35)18-8-13-26-11-5-4-6-12-26/h4-17,29H,18-22H2,1-3H3/b13-8+/t29-/m1/s1. The van der Waals surface area contributed by atoms with E-state index in [1.54, 1.807) is 0 Å². The van der Waals surface area contributed by atoms with Gasteiger partial charge in [0.25, 0.3) is 0 Å². The summed E-state index contributed by atoms with van der Waals surface area (Å²) in [7, 11) is 0. The highest BCUT2D eigenvalue weighted by Crippen LogP contribution is 2.31. The van der Waals surface area contributed by atoms with Crippen LogP contribution >= 0.6 is 0 Å². The van der Waals surface area contributed by atoms with Crippen LogP contribution in [0.5, 0.6) is 0 Å². The van der Waals surface area contributed by atoms with Crippen molar-refractivity contribution in [2.45, 2.75) is 26.8 Å². The zero-order valence-corrected chi connectivity index (χ0v) is 21.4. The predicted octanol–water partition coefficient (Wildman–Crippen LogP) is 5.01. The van der Waals surface area contributed by atoms with Crippen molar-refractivity contribution in [3.8, 4) is 5.69 Å². The van der Waals surface area contributed by atoms with Crippen LogP contribution in [0.4, 0.5) is 0 Å². The molecule has 184 valence electrons. The molecule has 0 N–H and O–H groups in total. The fourth-order valence-corrected chi connectivity index (χ4v) is 5.04. The van der Waals surface area contributed by atoms with Crippen molar-refractivity contribution in [2.24, 2.45) is 0 Å². The molecule has 0 bridgehead atoms. The Labute approximate surface area is 213 Å². The first-order valence-electron chi connectivity index (χ1n) is 12.7. The van der Waals surface area contributed by atoms with Crippen molar-refractivity contribution < 1.29 is 0 Å². The van der Waals surface area contributed by atoms with E-state index in [2.05, 4.69) is 131 Å². The number of para-hydroxylation sites is 1. The zero-order chi connectivity index (χ0) is 24.9. The number of hydrogen-bond donors (Lipinski definition) is 0. The van der Waals surface area contributed by atoms with Gasteiger partial charge in [-0.3, -0.25) is 9.80 Å². The quantitative estimate of drug-likeness (QED) is 0.374. The van der Waals surface area contributed by atoms with Crippen LogP contribution in [0.25, 0.3) is 11.8 Å². The maximum Gasteiger partial charge on any atom is 0.178 e. The van der Waals surface area contributed by atoms with Gasteiger partial charge in [0.15, 0.2) is 5.82 Å². The van der Waals surface area contributed by atoms with Crippen LogP contribution in [0.15, 0.2) is 78.9 Å². The number of aromatic nitrogens is 4. The largest absolute Gasteiger partial charge is 0.297 e. The summed E-state index contributed by atoms with van der Waals surface area (Å²) in [5.41, 5.74) is 7.12. The van der Waals surface area contributed by atoms with Crippen molar-refractivity contribution >= 4 is 6.08 Å². The number of piperazine rings is 1. The Hall–Kier alpha value is -3.61. The molecule has 1 fully saturated rings. The van der Waals surface area contributed by atoms with Gasteiger partial charge in [-0.05, 0) is 53.5 Å². The van der Waals surface area contributed by atoms with Crippen molar-refractivity contribution in [3.63, 3.8) is 0 Å². The maximum atomic E-state index is 4.59. The second-order valence-corrected chi connectivity index (χ2v) is 9.65. The van der Waals surface area contributed by atoms with E-state index in [0.717, 1.165) is 44.2 Å². The van der Waals surface area contributed by atoms with E-state index in [1.165, 1.54) is 27.8 Å². The first-order chi connectivity index (χ1) is 17.6. The summed E-state index contributed by atoms with van der Waals surface area (Å²) in [4.78, 5) is 5.04. The Morgan fingerprint density at radius 2 is 1.50 bits per heavy atom. The van der Waals surface area contributed by atoms with Crippen LogP contribution in [0.3, 0.4) is 0 Å². The molecule has 4 aromatic rings. The molecule has 6 nitrogen and oxygen atoms in total. The summed E-state index contributed by atoms with van der Waals surface area (Å²) in [6, 6.07) is 25.6. The SMILES string of the molecule is Cc1ccc([C@H](c2nnnn2-c2c(C)cccc2C)N2CCN(C/C=C/c3ccccc3)CC2)cc1. The van der Waals surface area contributed by atoms with Gasteiger partial charge < -0.3 is 0 Å². The third-order valence-electron chi connectivity index (χ3n) is 7.03. The second-order valence-electron chi connectivity index (χ2n) is 9.65. The van der Waals surface area contributed by atoms with Crippen molar-refractivity contribution in [1.82, 2.24) is 30.0 Å². The molecule has 2 heterocycles. The summed E-state index contributed by atoms with van der Waals surface area (Å²) in [6.45, 7) is 11.2. The summed E-state index contributed by atoms with van der Waals surface area (Å²) >= 11 is 0. The van der Waals surface area contributed by atoms with Gasteiger partial charge in [-0.1, -0.05) is 90.5 Å². The molecule has 1 aliphatic heterocycles. The topological polar surface area (TPSA) is 50.1 Å². The van der Waals surface area contributed by atoms with Gasteiger partial charge in [0.1, 0.15) is 0 Å². The van der Waals surface area contributed by atoms with E-state index < -0.39 is 0 Å². The Morgan fingerprint density at radius 1 is 0.806 bits per heavy atom. The van der Waals surface area contributed by atoms with Crippen LogP contribution in [-0.2, 0) is 0 Å². The van der Waals surface area contributed by atoms with E-state index in [-0.39, 0.29) is 6.04 Å². The van der Waals surface area contributed by atoms with Crippen molar-refractivity contribution in [2.75, 3.05) is 32.7 Å². The number of tetrazole rings is 1. The monoisotopic (exact) mass is 478 g/mol. The minimum Gasteiger partial charge on any atom is -0.297 e. The lowest BCUT2D eigenvalue weighted by atomic mass is 10.0. The summed E-state index contributed by atoms with van der Waals surface area (Å²) in [6.07, 6.45) is 4.48. The molecule has 3 aromatic carbocycles. The highest BCUT2D eigenvalue weighted by Gasteiger charge is 2.31. The molecular weight excluding hydrogens is 444 g/mol. The van der Waals surface area contributed by atoms with Crippen LogP contribution < -0.4 is 0 Å². The van der Waals surface area contributed by atoms with E-state index in [4.69, 9.17) is 0 Å². The number of hydrogen-bond acceptors (Lipinski definition) is 5. The molecule has 0 spiro atoms.